The predicted molar refractivity (Wildman–Crippen MR) is 83.3 cm³/mol. The third-order valence-electron chi connectivity index (χ3n) is 3.74. The standard InChI is InChI=1S/C15H10ClF4N3O2S/c1-7-3-2-4-22-11(7)23(6-8-5-21-14(16)26-8)9(12(22)25)10(24)15(19,20)13(17)18/h2-5,13H,6H2,1H3. The maximum atomic E-state index is 13.7. The first kappa shape index (κ1) is 18.6. The Hall–Kier alpha value is -2.20. The Labute approximate surface area is 153 Å². The third-order valence-corrected chi connectivity index (χ3v) is 4.84. The summed E-state index contributed by atoms with van der Waals surface area (Å²) in [5.41, 5.74) is -0.371. The second kappa shape index (κ2) is 6.51. The summed E-state index contributed by atoms with van der Waals surface area (Å²) in [5, 5.41) is 12.5. The molecular weight excluding hydrogens is 398 g/mol. The van der Waals surface area contributed by atoms with Gasteiger partial charge in [-0.3, -0.25) is 4.79 Å². The van der Waals surface area contributed by atoms with E-state index in [4.69, 9.17) is 11.6 Å². The molecule has 0 saturated heterocycles. The fourth-order valence-corrected chi connectivity index (χ4v) is 3.56. The molecular formula is C15H10ClF4N3O2S. The molecule has 0 radical (unpaired) electrons. The Morgan fingerprint density at radius 2 is 2.19 bits per heavy atom. The average Bonchev–Trinajstić information content (AvgIpc) is 3.09. The van der Waals surface area contributed by atoms with Crippen LogP contribution in [0.3, 0.4) is 0 Å². The fraction of sp³-hybridized carbons (Fsp3) is 0.267. The zero-order valence-corrected chi connectivity index (χ0v) is 14.6. The number of aromatic nitrogens is 3. The molecule has 26 heavy (non-hydrogen) atoms. The zero-order valence-electron chi connectivity index (χ0n) is 13.1. The van der Waals surface area contributed by atoms with Crippen molar-refractivity contribution >= 4 is 34.4 Å². The van der Waals surface area contributed by atoms with Crippen LogP contribution in [0.1, 0.15) is 20.9 Å². The number of ketones is 1. The van der Waals surface area contributed by atoms with E-state index in [1.165, 1.54) is 18.5 Å². The molecule has 3 aromatic heterocycles. The van der Waals surface area contributed by atoms with Crippen molar-refractivity contribution in [3.63, 3.8) is 0 Å². The van der Waals surface area contributed by atoms with Crippen LogP contribution in [0.4, 0.5) is 17.6 Å². The van der Waals surface area contributed by atoms with Crippen molar-refractivity contribution in [2.45, 2.75) is 25.8 Å². The van der Waals surface area contributed by atoms with Crippen LogP contribution >= 0.6 is 22.9 Å². The molecule has 0 spiro atoms. The second-order valence-electron chi connectivity index (χ2n) is 5.46. The number of carbonyl (C=O) groups excluding carboxylic acids is 1. The number of halogens is 5. The molecule has 0 aliphatic heterocycles. The Bertz CT molecular complexity index is 1000. The number of hydrogen-bond donors (Lipinski definition) is 0. The molecule has 5 nitrogen and oxygen atoms in total. The molecule has 11 heteroatoms. The monoisotopic (exact) mass is 407 g/mol. The summed E-state index contributed by atoms with van der Waals surface area (Å²) in [4.78, 5) is 16.4. The molecule has 3 aromatic rings. The molecule has 0 aromatic carbocycles. The van der Waals surface area contributed by atoms with Crippen LogP contribution in [0, 0.1) is 6.92 Å². The Kier molecular flexibility index (Phi) is 4.65. The van der Waals surface area contributed by atoms with E-state index >= 15 is 0 Å². The largest absolute Gasteiger partial charge is 0.839 e. The van der Waals surface area contributed by atoms with Crippen molar-refractivity contribution in [3.8, 4) is 5.88 Å². The molecule has 0 unspecified atom stereocenters. The van der Waals surface area contributed by atoms with Gasteiger partial charge in [-0.1, -0.05) is 11.6 Å². The Morgan fingerprint density at radius 3 is 2.77 bits per heavy atom. The van der Waals surface area contributed by atoms with Gasteiger partial charge >= 0.3 is 12.3 Å². The first-order valence-electron chi connectivity index (χ1n) is 7.16. The number of carbonyl (C=O) groups is 1. The smallest absolute Gasteiger partial charge is 0.372 e. The van der Waals surface area contributed by atoms with Crippen LogP contribution in [0.5, 0.6) is 5.88 Å². The lowest BCUT2D eigenvalue weighted by Gasteiger charge is -2.14. The summed E-state index contributed by atoms with van der Waals surface area (Å²) < 4.78 is 54.8. The summed E-state index contributed by atoms with van der Waals surface area (Å²) in [6.07, 6.45) is -1.60. The minimum atomic E-state index is -4.98. The highest BCUT2D eigenvalue weighted by atomic mass is 35.5. The Balaban J connectivity index is 2.27. The lowest BCUT2D eigenvalue weighted by molar-refractivity contribution is -0.583. The van der Waals surface area contributed by atoms with E-state index in [-0.39, 0.29) is 16.7 Å². The molecule has 0 fully saturated rings. The fourth-order valence-electron chi connectivity index (χ4n) is 2.59. The molecule has 0 amide bonds. The van der Waals surface area contributed by atoms with E-state index in [1.807, 2.05) is 0 Å². The Morgan fingerprint density at radius 1 is 1.50 bits per heavy atom. The molecule has 3 heterocycles. The number of pyridine rings is 1. The summed E-state index contributed by atoms with van der Waals surface area (Å²) in [7, 11) is 0. The second-order valence-corrected chi connectivity index (χ2v) is 7.15. The van der Waals surface area contributed by atoms with E-state index in [2.05, 4.69) is 4.98 Å². The van der Waals surface area contributed by atoms with Gasteiger partial charge in [0.25, 0.3) is 11.4 Å². The molecule has 0 atom stereocenters. The maximum absolute atomic E-state index is 13.7. The molecule has 0 N–H and O–H groups in total. The molecule has 3 rings (SSSR count). The van der Waals surface area contributed by atoms with Gasteiger partial charge in [0.05, 0.1) is 11.1 Å². The summed E-state index contributed by atoms with van der Waals surface area (Å²) in [6.45, 7) is 1.41. The number of hydrogen-bond acceptors (Lipinski definition) is 4. The summed E-state index contributed by atoms with van der Waals surface area (Å²) in [5.74, 6) is -8.30. The van der Waals surface area contributed by atoms with E-state index in [9.17, 15) is 27.5 Å². The third kappa shape index (κ3) is 2.92. The van der Waals surface area contributed by atoms with E-state index in [0.29, 0.717) is 10.4 Å². The minimum Gasteiger partial charge on any atom is -0.839 e. The molecule has 0 bridgehead atoms. The molecule has 0 aliphatic rings. The van der Waals surface area contributed by atoms with Crippen molar-refractivity contribution in [3.05, 3.63) is 45.1 Å². The number of rotatable bonds is 5. The number of aryl methyl sites for hydroxylation is 1. The van der Waals surface area contributed by atoms with E-state index in [1.54, 1.807) is 13.0 Å². The van der Waals surface area contributed by atoms with Crippen LogP contribution in [0.25, 0.3) is 5.65 Å². The first-order valence-corrected chi connectivity index (χ1v) is 8.35. The highest BCUT2D eigenvalue weighted by Crippen LogP contribution is 2.31. The number of thiazole rings is 1. The van der Waals surface area contributed by atoms with Crippen molar-refractivity contribution in [2.24, 2.45) is 0 Å². The number of fused-ring (bicyclic) bond motifs is 1. The average molecular weight is 408 g/mol. The summed E-state index contributed by atoms with van der Waals surface area (Å²) in [6, 6.07) is 3.08. The van der Waals surface area contributed by atoms with Gasteiger partial charge in [0.15, 0.2) is 4.47 Å². The number of Topliss-reactive ketones (excluding diaryl/α,β-unsaturated/α-hetero) is 1. The lowest BCUT2D eigenvalue weighted by atomic mass is 10.1. The van der Waals surface area contributed by atoms with Gasteiger partial charge in [-0.2, -0.15) is 8.78 Å². The summed E-state index contributed by atoms with van der Waals surface area (Å²) >= 11 is 6.76. The van der Waals surface area contributed by atoms with Gasteiger partial charge in [0.1, 0.15) is 12.4 Å². The lowest BCUT2D eigenvalue weighted by Crippen LogP contribution is -2.38. The van der Waals surface area contributed by atoms with Gasteiger partial charge in [-0.25, -0.2) is 22.7 Å². The number of nitrogens with zero attached hydrogens (tertiary/aromatic N) is 3. The van der Waals surface area contributed by atoms with E-state index in [0.717, 1.165) is 20.3 Å². The minimum absolute atomic E-state index is 0.149. The zero-order chi connectivity index (χ0) is 19.2. The van der Waals surface area contributed by atoms with Gasteiger partial charge in [-0.15, -0.1) is 11.3 Å². The molecule has 138 valence electrons. The SMILES string of the molecule is Cc1ccc[n+]2c([O-])c(C(=O)C(F)(F)C(F)F)n(Cc3cnc(Cl)s3)c12. The van der Waals surface area contributed by atoms with Gasteiger partial charge in [-0.05, 0) is 19.1 Å². The van der Waals surface area contributed by atoms with Crippen LogP contribution in [-0.2, 0) is 6.54 Å². The highest BCUT2D eigenvalue weighted by Gasteiger charge is 2.52. The predicted octanol–water partition coefficient (Wildman–Crippen LogP) is 2.85. The van der Waals surface area contributed by atoms with Gasteiger partial charge in [0, 0.05) is 11.8 Å². The maximum Gasteiger partial charge on any atom is 0.372 e. The van der Waals surface area contributed by atoms with Crippen LogP contribution < -0.4 is 9.51 Å². The number of imidazole rings is 1. The van der Waals surface area contributed by atoms with Crippen molar-refractivity contribution in [1.82, 2.24) is 9.55 Å². The quantitative estimate of drug-likeness (QED) is 0.371. The van der Waals surface area contributed by atoms with Crippen LogP contribution in [0.2, 0.25) is 4.47 Å². The van der Waals surface area contributed by atoms with Crippen molar-refractivity contribution in [2.75, 3.05) is 0 Å². The highest BCUT2D eigenvalue weighted by molar-refractivity contribution is 7.15. The van der Waals surface area contributed by atoms with Crippen molar-refractivity contribution in [1.29, 1.82) is 0 Å². The topological polar surface area (TPSA) is 62.0 Å². The van der Waals surface area contributed by atoms with Gasteiger partial charge < -0.3 is 5.11 Å². The molecule has 0 saturated carbocycles. The normalized spacial score (nSPS) is 12.3. The van der Waals surface area contributed by atoms with Crippen LogP contribution in [0.15, 0.2) is 24.5 Å². The number of alkyl halides is 4. The molecule has 0 aliphatic carbocycles. The van der Waals surface area contributed by atoms with E-state index < -0.39 is 29.7 Å². The van der Waals surface area contributed by atoms with Gasteiger partial charge in [0.2, 0.25) is 5.69 Å². The first-order chi connectivity index (χ1) is 12.1. The van der Waals surface area contributed by atoms with Crippen molar-refractivity contribution < 1.29 is 31.9 Å². The van der Waals surface area contributed by atoms with Crippen LogP contribution in [-0.4, -0.2) is 27.7 Å².